The largest absolute Gasteiger partial charge is 0.440 e. The van der Waals surface area contributed by atoms with Gasteiger partial charge in [-0.05, 0) is 38.3 Å². The number of amides is 1. The maximum atomic E-state index is 13.0. The van der Waals surface area contributed by atoms with E-state index in [1.807, 2.05) is 11.8 Å². The maximum absolute atomic E-state index is 13.0. The molecule has 1 atom stereocenters. The Hall–Kier alpha value is -2.13. The van der Waals surface area contributed by atoms with Gasteiger partial charge in [0.15, 0.2) is 5.76 Å². The first-order valence-corrected chi connectivity index (χ1v) is 10.6. The summed E-state index contributed by atoms with van der Waals surface area (Å²) >= 11 is 0. The van der Waals surface area contributed by atoms with E-state index in [0.29, 0.717) is 43.1 Å². The van der Waals surface area contributed by atoms with Crippen LogP contribution in [0.3, 0.4) is 0 Å². The van der Waals surface area contributed by atoms with Crippen molar-refractivity contribution in [2.75, 3.05) is 26.2 Å². The topological polar surface area (TPSA) is 96.9 Å². The highest BCUT2D eigenvalue weighted by Gasteiger charge is 2.53. The van der Waals surface area contributed by atoms with E-state index in [1.165, 1.54) is 10.4 Å². The molecule has 2 saturated heterocycles. The van der Waals surface area contributed by atoms with Gasteiger partial charge in [0.25, 0.3) is 10.0 Å². The third-order valence-corrected chi connectivity index (χ3v) is 7.18. The Labute approximate surface area is 158 Å². The van der Waals surface area contributed by atoms with Gasteiger partial charge in [-0.3, -0.25) is 4.79 Å². The Kier molecular flexibility index (Phi) is 4.38. The summed E-state index contributed by atoms with van der Waals surface area (Å²) in [7, 11) is -3.80. The molecule has 1 unspecified atom stereocenters. The van der Waals surface area contributed by atoms with Crippen LogP contribution in [-0.2, 0) is 14.8 Å². The third-order valence-electron chi connectivity index (χ3n) is 5.46. The lowest BCUT2D eigenvalue weighted by molar-refractivity contribution is -0.135. The van der Waals surface area contributed by atoms with E-state index in [-0.39, 0.29) is 17.5 Å². The molecule has 0 bridgehead atoms. The van der Waals surface area contributed by atoms with E-state index in [0.717, 1.165) is 13.0 Å². The second-order valence-corrected chi connectivity index (χ2v) is 9.23. The second-order valence-electron chi connectivity index (χ2n) is 7.36. The van der Waals surface area contributed by atoms with E-state index < -0.39 is 15.4 Å². The summed E-state index contributed by atoms with van der Waals surface area (Å²) in [4.78, 5) is 14.6. The molecule has 2 aromatic heterocycles. The average Bonchev–Trinajstić information content (AvgIpc) is 3.39. The molecule has 2 aliphatic rings. The Morgan fingerprint density at radius 2 is 2.00 bits per heavy atom. The number of hydrogen-bond acceptors (Lipinski definition) is 6. The fraction of sp³-hybridized carbons (Fsp3) is 0.556. The number of rotatable bonds is 5. The molecule has 0 N–H and O–H groups in total. The van der Waals surface area contributed by atoms with Gasteiger partial charge in [-0.1, -0.05) is 12.1 Å². The number of furan rings is 1. The summed E-state index contributed by atoms with van der Waals surface area (Å²) < 4.78 is 38.0. The van der Waals surface area contributed by atoms with Crippen molar-refractivity contribution in [3.63, 3.8) is 0 Å². The molecule has 2 aliphatic heterocycles. The molecule has 2 fully saturated rings. The fourth-order valence-electron chi connectivity index (χ4n) is 3.99. The zero-order valence-corrected chi connectivity index (χ0v) is 16.3. The van der Waals surface area contributed by atoms with Crippen LogP contribution in [0.25, 0.3) is 11.5 Å². The Bertz CT molecular complexity index is 963. The molecule has 146 valence electrons. The van der Waals surface area contributed by atoms with Crippen LogP contribution in [0.5, 0.6) is 0 Å². The van der Waals surface area contributed by atoms with E-state index in [2.05, 4.69) is 5.16 Å². The van der Waals surface area contributed by atoms with Crippen LogP contribution in [-0.4, -0.2) is 54.9 Å². The number of aryl methyl sites for hydroxylation is 1. The molecule has 2 aromatic rings. The van der Waals surface area contributed by atoms with Gasteiger partial charge in [-0.25, -0.2) is 8.42 Å². The lowest BCUT2D eigenvalue weighted by atomic mass is 9.86. The fourth-order valence-corrected chi connectivity index (χ4v) is 5.43. The van der Waals surface area contributed by atoms with Crippen LogP contribution < -0.4 is 0 Å². The molecule has 1 spiro atoms. The van der Waals surface area contributed by atoms with Gasteiger partial charge in [-0.15, -0.1) is 0 Å². The van der Waals surface area contributed by atoms with Crippen LogP contribution in [0.1, 0.15) is 31.9 Å². The highest BCUT2D eigenvalue weighted by molar-refractivity contribution is 7.89. The minimum absolute atomic E-state index is 0.0827. The Balaban J connectivity index is 1.54. The molecular weight excluding hydrogens is 370 g/mol. The van der Waals surface area contributed by atoms with Crippen molar-refractivity contribution in [3.8, 4) is 11.5 Å². The van der Waals surface area contributed by atoms with E-state index in [1.54, 1.807) is 19.1 Å². The SMILES string of the molecule is CCCN1CCC2(CCN(S(=O)(=O)c3ccc(-c4cc(C)no4)o3)C2)C1=O. The lowest BCUT2D eigenvalue weighted by Gasteiger charge is -2.23. The van der Waals surface area contributed by atoms with Crippen molar-refractivity contribution in [2.24, 2.45) is 5.41 Å². The number of sulfonamides is 1. The first kappa shape index (κ1) is 18.2. The third kappa shape index (κ3) is 2.98. The average molecular weight is 393 g/mol. The molecule has 4 rings (SSSR count). The van der Waals surface area contributed by atoms with Crippen molar-refractivity contribution < 1.29 is 22.2 Å². The normalized spacial score (nSPS) is 23.8. The van der Waals surface area contributed by atoms with Crippen LogP contribution in [0.15, 0.2) is 32.2 Å². The standard InChI is InChI=1S/C18H23N3O5S/c1-3-8-20-9-6-18(17(20)22)7-10-21(12-18)27(23,24)16-5-4-14(25-16)15-11-13(2)19-26-15/h4-5,11H,3,6-10,12H2,1-2H3. The van der Waals surface area contributed by atoms with E-state index in [4.69, 9.17) is 8.94 Å². The number of carbonyl (C=O) groups is 1. The predicted octanol–water partition coefficient (Wildman–Crippen LogP) is 2.27. The van der Waals surface area contributed by atoms with E-state index in [9.17, 15) is 13.2 Å². The van der Waals surface area contributed by atoms with Gasteiger partial charge in [0.1, 0.15) is 0 Å². The molecule has 1 amide bonds. The molecule has 0 aromatic carbocycles. The Morgan fingerprint density at radius 1 is 1.22 bits per heavy atom. The summed E-state index contributed by atoms with van der Waals surface area (Å²) in [5, 5.41) is 3.64. The van der Waals surface area contributed by atoms with Gasteiger partial charge in [-0.2, -0.15) is 4.31 Å². The summed E-state index contributed by atoms with van der Waals surface area (Å²) in [6.45, 7) is 5.78. The smallest absolute Gasteiger partial charge is 0.276 e. The van der Waals surface area contributed by atoms with Crippen molar-refractivity contribution >= 4 is 15.9 Å². The van der Waals surface area contributed by atoms with Gasteiger partial charge >= 0.3 is 0 Å². The molecule has 9 heteroatoms. The number of aromatic nitrogens is 1. The first-order chi connectivity index (χ1) is 12.9. The zero-order valence-electron chi connectivity index (χ0n) is 15.5. The highest BCUT2D eigenvalue weighted by atomic mass is 32.2. The Morgan fingerprint density at radius 3 is 2.70 bits per heavy atom. The van der Waals surface area contributed by atoms with Crippen LogP contribution >= 0.6 is 0 Å². The maximum Gasteiger partial charge on any atom is 0.276 e. The zero-order chi connectivity index (χ0) is 19.2. The molecule has 8 nitrogen and oxygen atoms in total. The molecule has 27 heavy (non-hydrogen) atoms. The summed E-state index contributed by atoms with van der Waals surface area (Å²) in [6.07, 6.45) is 2.17. The van der Waals surface area contributed by atoms with Crippen LogP contribution in [0.2, 0.25) is 0 Å². The number of hydrogen-bond donors (Lipinski definition) is 0. The molecular formula is C18H23N3O5S. The van der Waals surface area contributed by atoms with Crippen molar-refractivity contribution in [1.29, 1.82) is 0 Å². The number of likely N-dealkylation sites (tertiary alicyclic amines) is 1. The molecule has 4 heterocycles. The number of nitrogens with zero attached hydrogens (tertiary/aromatic N) is 3. The summed E-state index contributed by atoms with van der Waals surface area (Å²) in [5.41, 5.74) is 0.100. The minimum Gasteiger partial charge on any atom is -0.440 e. The lowest BCUT2D eigenvalue weighted by Crippen LogP contribution is -2.38. The van der Waals surface area contributed by atoms with Gasteiger partial charge in [0.05, 0.1) is 11.1 Å². The van der Waals surface area contributed by atoms with Gasteiger partial charge in [0, 0.05) is 32.2 Å². The molecule has 0 saturated carbocycles. The van der Waals surface area contributed by atoms with Crippen LogP contribution in [0.4, 0.5) is 0 Å². The summed E-state index contributed by atoms with van der Waals surface area (Å²) in [6, 6.07) is 4.66. The van der Waals surface area contributed by atoms with Crippen molar-refractivity contribution in [2.45, 2.75) is 38.2 Å². The van der Waals surface area contributed by atoms with Gasteiger partial charge < -0.3 is 13.8 Å². The predicted molar refractivity (Wildman–Crippen MR) is 96.2 cm³/mol. The van der Waals surface area contributed by atoms with Gasteiger partial charge in [0.2, 0.25) is 16.8 Å². The highest BCUT2D eigenvalue weighted by Crippen LogP contribution is 2.42. The molecule has 0 aliphatic carbocycles. The quantitative estimate of drug-likeness (QED) is 0.773. The first-order valence-electron chi connectivity index (χ1n) is 9.19. The monoisotopic (exact) mass is 393 g/mol. The van der Waals surface area contributed by atoms with Crippen molar-refractivity contribution in [3.05, 3.63) is 23.9 Å². The minimum atomic E-state index is -3.80. The van der Waals surface area contributed by atoms with E-state index >= 15 is 0 Å². The number of carbonyl (C=O) groups excluding carboxylic acids is 1. The molecule has 0 radical (unpaired) electrons. The summed E-state index contributed by atoms with van der Waals surface area (Å²) in [5.74, 6) is 0.779. The van der Waals surface area contributed by atoms with Crippen molar-refractivity contribution in [1.82, 2.24) is 14.4 Å². The van der Waals surface area contributed by atoms with Crippen LogP contribution in [0, 0.1) is 12.3 Å². The second kappa shape index (κ2) is 6.49.